The lowest BCUT2D eigenvalue weighted by atomic mass is 10.0. The number of hydrogen-bond donors (Lipinski definition) is 1. The van der Waals surface area contributed by atoms with E-state index in [-0.39, 0.29) is 18.0 Å². The van der Waals surface area contributed by atoms with Crippen molar-refractivity contribution in [2.24, 2.45) is 13.0 Å². The fourth-order valence-electron chi connectivity index (χ4n) is 3.33. The lowest BCUT2D eigenvalue weighted by molar-refractivity contribution is -0.132. The predicted octanol–water partition coefficient (Wildman–Crippen LogP) is 0.281. The second-order valence-electron chi connectivity index (χ2n) is 6.81. The molecule has 0 bridgehead atoms. The Hall–Kier alpha value is -1.41. The maximum absolute atomic E-state index is 12.5. The highest BCUT2D eigenvalue weighted by Gasteiger charge is 2.39. The molecule has 1 saturated carbocycles. The number of amides is 1. The second-order valence-corrected chi connectivity index (χ2v) is 8.59. The number of nitrogens with zero attached hydrogens (tertiary/aromatic N) is 3. The van der Waals surface area contributed by atoms with Gasteiger partial charge in [-0.2, -0.15) is 5.10 Å². The van der Waals surface area contributed by atoms with Crippen LogP contribution in [0.2, 0.25) is 0 Å². The normalized spacial score (nSPS) is 25.0. The molecule has 1 aliphatic heterocycles. The van der Waals surface area contributed by atoms with Crippen molar-refractivity contribution >= 4 is 15.9 Å². The summed E-state index contributed by atoms with van der Waals surface area (Å²) < 4.78 is 27.7. The standard InChI is InChI=1S/C15H24N4O3S/c1-18-10-12(9-16-18)7-14-13(17-23(2,21)22)5-6-19(14)15(20)8-11-3-4-11/h9-11,13-14,17H,3-8H2,1-2H3/t13-,14+/m1/s1. The molecule has 1 saturated heterocycles. The van der Waals surface area contributed by atoms with Gasteiger partial charge < -0.3 is 4.90 Å². The minimum atomic E-state index is -3.30. The van der Waals surface area contributed by atoms with Crippen LogP contribution in [0.3, 0.4) is 0 Å². The second kappa shape index (κ2) is 6.24. The largest absolute Gasteiger partial charge is 0.338 e. The summed E-state index contributed by atoms with van der Waals surface area (Å²) in [5.74, 6) is 0.683. The Labute approximate surface area is 137 Å². The van der Waals surface area contributed by atoms with Crippen LogP contribution in [0.15, 0.2) is 12.4 Å². The van der Waals surface area contributed by atoms with Gasteiger partial charge in [0.05, 0.1) is 18.5 Å². The summed E-state index contributed by atoms with van der Waals surface area (Å²) in [6, 6.07) is -0.367. The lowest BCUT2D eigenvalue weighted by Gasteiger charge is -2.28. The summed E-state index contributed by atoms with van der Waals surface area (Å²) in [6.07, 6.45) is 9.01. The zero-order chi connectivity index (χ0) is 16.6. The highest BCUT2D eigenvalue weighted by Crippen LogP contribution is 2.34. The Bertz CT molecular complexity index is 681. The molecule has 128 valence electrons. The van der Waals surface area contributed by atoms with E-state index in [0.29, 0.717) is 31.7 Å². The number of carbonyl (C=O) groups excluding carboxylic acids is 1. The number of likely N-dealkylation sites (tertiary alicyclic amines) is 1. The molecule has 0 radical (unpaired) electrons. The van der Waals surface area contributed by atoms with E-state index in [1.807, 2.05) is 18.1 Å². The van der Waals surface area contributed by atoms with Crippen LogP contribution < -0.4 is 4.72 Å². The van der Waals surface area contributed by atoms with Crippen LogP contribution in [-0.2, 0) is 28.3 Å². The van der Waals surface area contributed by atoms with Gasteiger partial charge in [-0.15, -0.1) is 0 Å². The zero-order valence-electron chi connectivity index (χ0n) is 13.6. The average molecular weight is 340 g/mol. The maximum Gasteiger partial charge on any atom is 0.223 e. The maximum atomic E-state index is 12.5. The number of sulfonamides is 1. The van der Waals surface area contributed by atoms with Crippen molar-refractivity contribution in [3.05, 3.63) is 18.0 Å². The molecule has 8 heteroatoms. The molecule has 2 aliphatic rings. The van der Waals surface area contributed by atoms with Gasteiger partial charge in [-0.3, -0.25) is 9.48 Å². The minimum Gasteiger partial charge on any atom is -0.338 e. The zero-order valence-corrected chi connectivity index (χ0v) is 14.4. The van der Waals surface area contributed by atoms with Crippen molar-refractivity contribution in [2.45, 2.75) is 44.2 Å². The number of nitrogens with one attached hydrogen (secondary N) is 1. The molecule has 3 rings (SSSR count). The number of rotatable bonds is 6. The third-order valence-electron chi connectivity index (χ3n) is 4.60. The Morgan fingerprint density at radius 3 is 2.70 bits per heavy atom. The van der Waals surface area contributed by atoms with E-state index in [4.69, 9.17) is 0 Å². The van der Waals surface area contributed by atoms with E-state index < -0.39 is 10.0 Å². The van der Waals surface area contributed by atoms with E-state index in [0.717, 1.165) is 18.4 Å². The van der Waals surface area contributed by atoms with Gasteiger partial charge in [-0.05, 0) is 37.2 Å². The molecule has 1 aliphatic carbocycles. The SMILES string of the molecule is Cn1cc(C[C@H]2[C@H](NS(C)(=O)=O)CCN2C(=O)CC2CC2)cn1. The molecule has 1 N–H and O–H groups in total. The summed E-state index contributed by atoms with van der Waals surface area (Å²) in [5, 5.41) is 4.16. The van der Waals surface area contributed by atoms with Crippen molar-refractivity contribution in [1.29, 1.82) is 0 Å². The van der Waals surface area contributed by atoms with Crippen LogP contribution in [0, 0.1) is 5.92 Å². The first-order valence-electron chi connectivity index (χ1n) is 8.06. The number of hydrogen-bond acceptors (Lipinski definition) is 4. The molecule has 1 amide bonds. The van der Waals surface area contributed by atoms with Gasteiger partial charge in [0.15, 0.2) is 0 Å². The van der Waals surface area contributed by atoms with E-state index in [9.17, 15) is 13.2 Å². The van der Waals surface area contributed by atoms with E-state index in [1.54, 1.807) is 10.9 Å². The Balaban J connectivity index is 1.75. The fraction of sp³-hybridized carbons (Fsp3) is 0.733. The van der Waals surface area contributed by atoms with Crippen molar-refractivity contribution in [3.8, 4) is 0 Å². The predicted molar refractivity (Wildman–Crippen MR) is 86.1 cm³/mol. The van der Waals surface area contributed by atoms with E-state index in [1.165, 1.54) is 6.26 Å². The topological polar surface area (TPSA) is 84.3 Å². The quantitative estimate of drug-likeness (QED) is 0.806. The summed E-state index contributed by atoms with van der Waals surface area (Å²) in [4.78, 5) is 14.4. The average Bonchev–Trinajstić information content (AvgIpc) is 3.03. The molecular formula is C15H24N4O3S. The van der Waals surface area contributed by atoms with Crippen LogP contribution in [0.1, 0.15) is 31.2 Å². The fourth-order valence-corrected chi connectivity index (χ4v) is 4.16. The molecule has 1 aromatic rings. The highest BCUT2D eigenvalue weighted by atomic mass is 32.2. The molecule has 0 spiro atoms. The van der Waals surface area contributed by atoms with Crippen LogP contribution in [-0.4, -0.2) is 53.9 Å². The van der Waals surface area contributed by atoms with Gasteiger partial charge in [0.2, 0.25) is 15.9 Å². The summed E-state index contributed by atoms with van der Waals surface area (Å²) in [6.45, 7) is 0.615. The third-order valence-corrected chi connectivity index (χ3v) is 5.33. The van der Waals surface area contributed by atoms with Crippen LogP contribution >= 0.6 is 0 Å². The summed E-state index contributed by atoms with van der Waals surface area (Å²) in [5.41, 5.74) is 1.02. The monoisotopic (exact) mass is 340 g/mol. The minimum absolute atomic E-state index is 0.139. The first kappa shape index (κ1) is 16.4. The van der Waals surface area contributed by atoms with Gasteiger partial charge in [-0.1, -0.05) is 0 Å². The van der Waals surface area contributed by atoms with Crippen molar-refractivity contribution < 1.29 is 13.2 Å². The van der Waals surface area contributed by atoms with Gasteiger partial charge in [0.1, 0.15) is 0 Å². The van der Waals surface area contributed by atoms with Crippen molar-refractivity contribution in [1.82, 2.24) is 19.4 Å². The smallest absolute Gasteiger partial charge is 0.223 e. The van der Waals surface area contributed by atoms with E-state index >= 15 is 0 Å². The molecule has 7 nitrogen and oxygen atoms in total. The van der Waals surface area contributed by atoms with Crippen molar-refractivity contribution in [2.75, 3.05) is 12.8 Å². The van der Waals surface area contributed by atoms with Crippen LogP contribution in [0.4, 0.5) is 0 Å². The molecular weight excluding hydrogens is 316 g/mol. The molecule has 2 atom stereocenters. The highest BCUT2D eigenvalue weighted by molar-refractivity contribution is 7.88. The molecule has 1 aromatic heterocycles. The van der Waals surface area contributed by atoms with Gasteiger partial charge >= 0.3 is 0 Å². The first-order chi connectivity index (χ1) is 10.8. The molecule has 0 unspecified atom stereocenters. The summed E-state index contributed by atoms with van der Waals surface area (Å²) in [7, 11) is -1.45. The number of carbonyl (C=O) groups is 1. The Morgan fingerprint density at radius 2 is 2.13 bits per heavy atom. The summed E-state index contributed by atoms with van der Waals surface area (Å²) >= 11 is 0. The van der Waals surface area contributed by atoms with E-state index in [2.05, 4.69) is 9.82 Å². The van der Waals surface area contributed by atoms with Crippen LogP contribution in [0.25, 0.3) is 0 Å². The van der Waals surface area contributed by atoms with Gasteiger partial charge in [0.25, 0.3) is 0 Å². The third kappa shape index (κ3) is 4.32. The number of aryl methyl sites for hydroxylation is 1. The number of aromatic nitrogens is 2. The first-order valence-corrected chi connectivity index (χ1v) is 9.95. The lowest BCUT2D eigenvalue weighted by Crippen LogP contribution is -2.47. The molecule has 2 heterocycles. The molecule has 2 fully saturated rings. The molecule has 23 heavy (non-hydrogen) atoms. The van der Waals surface area contributed by atoms with Gasteiger partial charge in [-0.25, -0.2) is 13.1 Å². The van der Waals surface area contributed by atoms with Gasteiger partial charge in [0, 0.05) is 32.3 Å². The van der Waals surface area contributed by atoms with Crippen LogP contribution in [0.5, 0.6) is 0 Å². The van der Waals surface area contributed by atoms with Crippen molar-refractivity contribution in [3.63, 3.8) is 0 Å². The Morgan fingerprint density at radius 1 is 1.39 bits per heavy atom. The Kier molecular flexibility index (Phi) is 4.46. The molecule has 0 aromatic carbocycles.